The Morgan fingerprint density at radius 3 is 2.86 bits per heavy atom. The predicted octanol–water partition coefficient (Wildman–Crippen LogP) is 3.41. The van der Waals surface area contributed by atoms with Crippen molar-refractivity contribution < 1.29 is 4.92 Å². The molecule has 2 aromatic carbocycles. The molecule has 0 bridgehead atoms. The Morgan fingerprint density at radius 2 is 2.00 bits per heavy atom. The lowest BCUT2D eigenvalue weighted by atomic mass is 10.1. The van der Waals surface area contributed by atoms with Crippen LogP contribution < -0.4 is 5.32 Å². The van der Waals surface area contributed by atoms with Crippen LogP contribution in [0.15, 0.2) is 54.7 Å². The number of nitrogens with zero attached hydrogens (tertiary/aromatic N) is 1. The molecule has 0 unspecified atom stereocenters. The standard InChI is InChI=1S/C17H17N3O2/c21-20(22)15-5-3-4-13(10-15)11-18-9-8-14-12-19-17-7-2-1-6-16(14)17/h1-7,10,12,18-19H,8-9,11H2. The number of nitro groups is 1. The first-order chi connectivity index (χ1) is 10.7. The molecular weight excluding hydrogens is 278 g/mol. The van der Waals surface area contributed by atoms with E-state index in [-0.39, 0.29) is 10.6 Å². The van der Waals surface area contributed by atoms with Gasteiger partial charge in [-0.3, -0.25) is 10.1 Å². The fraction of sp³-hybridized carbons (Fsp3) is 0.176. The van der Waals surface area contributed by atoms with Crippen LogP contribution in [0, 0.1) is 10.1 Å². The predicted molar refractivity (Wildman–Crippen MR) is 86.8 cm³/mol. The third kappa shape index (κ3) is 3.15. The van der Waals surface area contributed by atoms with E-state index in [1.165, 1.54) is 17.0 Å². The van der Waals surface area contributed by atoms with Gasteiger partial charge in [0.2, 0.25) is 0 Å². The van der Waals surface area contributed by atoms with E-state index in [2.05, 4.69) is 22.4 Å². The Bertz CT molecular complexity index is 795. The van der Waals surface area contributed by atoms with Gasteiger partial charge in [-0.1, -0.05) is 30.3 Å². The molecule has 0 aliphatic rings. The third-order valence-corrected chi connectivity index (χ3v) is 3.70. The van der Waals surface area contributed by atoms with Gasteiger partial charge in [-0.15, -0.1) is 0 Å². The van der Waals surface area contributed by atoms with Crippen LogP contribution in [0.2, 0.25) is 0 Å². The van der Waals surface area contributed by atoms with Crippen LogP contribution in [0.25, 0.3) is 10.9 Å². The molecule has 0 aliphatic heterocycles. The number of aromatic nitrogens is 1. The van der Waals surface area contributed by atoms with Gasteiger partial charge < -0.3 is 10.3 Å². The number of rotatable bonds is 6. The quantitative estimate of drug-likeness (QED) is 0.416. The molecule has 5 heteroatoms. The van der Waals surface area contributed by atoms with Crippen LogP contribution in [-0.4, -0.2) is 16.5 Å². The molecule has 2 N–H and O–H groups in total. The van der Waals surface area contributed by atoms with Crippen molar-refractivity contribution >= 4 is 16.6 Å². The average Bonchev–Trinajstić information content (AvgIpc) is 2.95. The Morgan fingerprint density at radius 1 is 1.14 bits per heavy atom. The Balaban J connectivity index is 1.55. The maximum absolute atomic E-state index is 10.7. The smallest absolute Gasteiger partial charge is 0.269 e. The molecule has 0 radical (unpaired) electrons. The second kappa shape index (κ2) is 6.41. The van der Waals surface area contributed by atoms with E-state index in [9.17, 15) is 10.1 Å². The van der Waals surface area contributed by atoms with E-state index < -0.39 is 0 Å². The summed E-state index contributed by atoms with van der Waals surface area (Å²) in [4.78, 5) is 13.6. The number of hydrogen-bond donors (Lipinski definition) is 2. The van der Waals surface area contributed by atoms with Gasteiger partial charge in [-0.25, -0.2) is 0 Å². The zero-order chi connectivity index (χ0) is 15.4. The first-order valence-corrected chi connectivity index (χ1v) is 7.23. The normalized spacial score (nSPS) is 10.9. The van der Waals surface area contributed by atoms with Crippen molar-refractivity contribution in [3.8, 4) is 0 Å². The van der Waals surface area contributed by atoms with Crippen LogP contribution in [0.1, 0.15) is 11.1 Å². The summed E-state index contributed by atoms with van der Waals surface area (Å²) >= 11 is 0. The molecule has 3 rings (SSSR count). The number of hydrogen-bond acceptors (Lipinski definition) is 3. The minimum absolute atomic E-state index is 0.135. The first-order valence-electron chi connectivity index (χ1n) is 7.23. The lowest BCUT2D eigenvalue weighted by Gasteiger charge is -2.04. The van der Waals surface area contributed by atoms with Gasteiger partial charge >= 0.3 is 0 Å². The number of nitro benzene ring substituents is 1. The summed E-state index contributed by atoms with van der Waals surface area (Å²) in [5, 5.41) is 15.3. The Kier molecular flexibility index (Phi) is 4.16. The van der Waals surface area contributed by atoms with Gasteiger partial charge in [0.05, 0.1) is 4.92 Å². The van der Waals surface area contributed by atoms with Crippen LogP contribution in [-0.2, 0) is 13.0 Å². The highest BCUT2D eigenvalue weighted by molar-refractivity contribution is 5.83. The Hall–Kier alpha value is -2.66. The van der Waals surface area contributed by atoms with Crippen molar-refractivity contribution in [2.24, 2.45) is 0 Å². The summed E-state index contributed by atoms with van der Waals surface area (Å²) in [6, 6.07) is 15.0. The van der Waals surface area contributed by atoms with Gasteiger partial charge in [0, 0.05) is 35.8 Å². The highest BCUT2D eigenvalue weighted by Crippen LogP contribution is 2.18. The third-order valence-electron chi connectivity index (χ3n) is 3.70. The lowest BCUT2D eigenvalue weighted by Crippen LogP contribution is -2.16. The fourth-order valence-corrected chi connectivity index (χ4v) is 2.57. The van der Waals surface area contributed by atoms with E-state index in [1.54, 1.807) is 12.1 Å². The van der Waals surface area contributed by atoms with Crippen molar-refractivity contribution in [2.75, 3.05) is 6.54 Å². The van der Waals surface area contributed by atoms with Crippen LogP contribution in [0.3, 0.4) is 0 Å². The number of benzene rings is 2. The molecule has 0 fully saturated rings. The van der Waals surface area contributed by atoms with Crippen LogP contribution in [0.5, 0.6) is 0 Å². The van der Waals surface area contributed by atoms with Crippen LogP contribution >= 0.6 is 0 Å². The highest BCUT2D eigenvalue weighted by Gasteiger charge is 2.05. The molecule has 0 spiro atoms. The molecule has 1 heterocycles. The van der Waals surface area contributed by atoms with Gasteiger partial charge in [0.1, 0.15) is 0 Å². The van der Waals surface area contributed by atoms with E-state index in [0.29, 0.717) is 6.54 Å². The number of aromatic amines is 1. The number of para-hydroxylation sites is 1. The molecule has 22 heavy (non-hydrogen) atoms. The fourth-order valence-electron chi connectivity index (χ4n) is 2.57. The van der Waals surface area contributed by atoms with Crippen LogP contribution in [0.4, 0.5) is 5.69 Å². The molecule has 0 amide bonds. The summed E-state index contributed by atoms with van der Waals surface area (Å²) in [5.41, 5.74) is 3.49. The molecule has 5 nitrogen and oxygen atoms in total. The monoisotopic (exact) mass is 295 g/mol. The number of fused-ring (bicyclic) bond motifs is 1. The summed E-state index contributed by atoms with van der Waals surface area (Å²) in [6.07, 6.45) is 2.96. The van der Waals surface area contributed by atoms with Gasteiger partial charge in [-0.05, 0) is 30.2 Å². The zero-order valence-corrected chi connectivity index (χ0v) is 12.1. The summed E-state index contributed by atoms with van der Waals surface area (Å²) < 4.78 is 0. The summed E-state index contributed by atoms with van der Waals surface area (Å²) in [5.74, 6) is 0. The number of non-ortho nitro benzene ring substituents is 1. The van der Waals surface area contributed by atoms with Crippen molar-refractivity contribution in [1.29, 1.82) is 0 Å². The summed E-state index contributed by atoms with van der Waals surface area (Å²) in [7, 11) is 0. The zero-order valence-electron chi connectivity index (χ0n) is 12.1. The van der Waals surface area contributed by atoms with Crippen molar-refractivity contribution in [3.63, 3.8) is 0 Å². The van der Waals surface area contributed by atoms with E-state index in [0.717, 1.165) is 24.0 Å². The molecule has 3 aromatic rings. The van der Waals surface area contributed by atoms with Crippen molar-refractivity contribution in [3.05, 3.63) is 76.0 Å². The topological polar surface area (TPSA) is 71.0 Å². The number of H-pyrrole nitrogens is 1. The first kappa shape index (κ1) is 14.3. The minimum atomic E-state index is -0.366. The van der Waals surface area contributed by atoms with Crippen molar-refractivity contribution in [2.45, 2.75) is 13.0 Å². The van der Waals surface area contributed by atoms with E-state index in [1.807, 2.05) is 24.4 Å². The van der Waals surface area contributed by atoms with Gasteiger partial charge in [0.15, 0.2) is 0 Å². The largest absolute Gasteiger partial charge is 0.361 e. The molecule has 112 valence electrons. The SMILES string of the molecule is O=[N+]([O-])c1cccc(CNCCc2c[nH]c3ccccc23)c1. The van der Waals surface area contributed by atoms with E-state index in [4.69, 9.17) is 0 Å². The lowest BCUT2D eigenvalue weighted by molar-refractivity contribution is -0.384. The van der Waals surface area contributed by atoms with E-state index >= 15 is 0 Å². The average molecular weight is 295 g/mol. The highest BCUT2D eigenvalue weighted by atomic mass is 16.6. The summed E-state index contributed by atoms with van der Waals surface area (Å²) in [6.45, 7) is 1.45. The molecule has 1 aromatic heterocycles. The molecule has 0 atom stereocenters. The molecule has 0 saturated carbocycles. The molecule has 0 aliphatic carbocycles. The number of nitrogens with one attached hydrogen (secondary N) is 2. The molecule has 0 saturated heterocycles. The Labute approximate surface area is 128 Å². The maximum Gasteiger partial charge on any atom is 0.269 e. The second-order valence-corrected chi connectivity index (χ2v) is 5.21. The van der Waals surface area contributed by atoms with Gasteiger partial charge in [0.25, 0.3) is 5.69 Å². The minimum Gasteiger partial charge on any atom is -0.361 e. The molecular formula is C17H17N3O2. The maximum atomic E-state index is 10.7. The second-order valence-electron chi connectivity index (χ2n) is 5.21. The van der Waals surface area contributed by atoms with Crippen molar-refractivity contribution in [1.82, 2.24) is 10.3 Å². The van der Waals surface area contributed by atoms with Gasteiger partial charge in [-0.2, -0.15) is 0 Å².